The summed E-state index contributed by atoms with van der Waals surface area (Å²) in [5.74, 6) is -0.0202. The van der Waals surface area contributed by atoms with Crippen LogP contribution in [-0.2, 0) is 11.3 Å². The minimum Gasteiger partial charge on any atom is -0.355 e. The molecule has 0 bridgehead atoms. The molecule has 0 saturated heterocycles. The van der Waals surface area contributed by atoms with Gasteiger partial charge in [-0.05, 0) is 20.0 Å². The van der Waals surface area contributed by atoms with Crippen molar-refractivity contribution >= 4 is 29.1 Å². The normalized spacial score (nSPS) is 10.6. The third-order valence-corrected chi connectivity index (χ3v) is 2.95. The molecule has 0 spiro atoms. The third-order valence-electron chi connectivity index (χ3n) is 2.12. The predicted octanol–water partition coefficient (Wildman–Crippen LogP) is 1.96. The molecule has 94 valence electrons. The molecule has 0 radical (unpaired) electrons. The minimum atomic E-state index is -0.0202. The van der Waals surface area contributed by atoms with E-state index >= 15 is 0 Å². The quantitative estimate of drug-likeness (QED) is 0.894. The maximum Gasteiger partial charge on any atom is 0.234 e. The van der Waals surface area contributed by atoms with E-state index in [4.69, 9.17) is 23.2 Å². The molecule has 0 aliphatic rings. The van der Waals surface area contributed by atoms with Crippen LogP contribution < -0.4 is 5.32 Å². The third kappa shape index (κ3) is 4.50. The van der Waals surface area contributed by atoms with Gasteiger partial charge in [0.2, 0.25) is 5.91 Å². The van der Waals surface area contributed by atoms with Crippen molar-refractivity contribution in [2.24, 2.45) is 0 Å². The topological polar surface area (TPSA) is 45.2 Å². The summed E-state index contributed by atoms with van der Waals surface area (Å²) < 4.78 is 0. The first kappa shape index (κ1) is 14.2. The van der Waals surface area contributed by atoms with Gasteiger partial charge in [0, 0.05) is 19.3 Å². The second-order valence-corrected chi connectivity index (χ2v) is 4.46. The lowest BCUT2D eigenvalue weighted by Crippen LogP contribution is -2.34. The SMILES string of the molecule is CCNC(=O)CN(C)Cc1nccc(Cl)c1Cl. The van der Waals surface area contributed by atoms with Crippen molar-refractivity contribution in [3.8, 4) is 0 Å². The molecule has 1 N–H and O–H groups in total. The molecule has 1 heterocycles. The van der Waals surface area contributed by atoms with Gasteiger partial charge in [0.05, 0.1) is 22.3 Å². The number of aromatic nitrogens is 1. The number of pyridine rings is 1. The van der Waals surface area contributed by atoms with Crippen LogP contribution in [0.2, 0.25) is 10.0 Å². The van der Waals surface area contributed by atoms with E-state index in [2.05, 4.69) is 10.3 Å². The molecule has 17 heavy (non-hydrogen) atoms. The summed E-state index contributed by atoms with van der Waals surface area (Å²) in [6.07, 6.45) is 1.60. The Morgan fingerprint density at radius 3 is 2.88 bits per heavy atom. The largest absolute Gasteiger partial charge is 0.355 e. The summed E-state index contributed by atoms with van der Waals surface area (Å²) >= 11 is 11.9. The Balaban J connectivity index is 2.59. The molecular formula is C11H15Cl2N3O. The Morgan fingerprint density at radius 1 is 1.53 bits per heavy atom. The van der Waals surface area contributed by atoms with Crippen molar-refractivity contribution in [3.63, 3.8) is 0 Å². The number of halogens is 2. The number of carbonyl (C=O) groups is 1. The van der Waals surface area contributed by atoms with Crippen LogP contribution in [0.15, 0.2) is 12.3 Å². The molecule has 4 nitrogen and oxygen atoms in total. The summed E-state index contributed by atoms with van der Waals surface area (Å²) in [6.45, 7) is 3.30. The van der Waals surface area contributed by atoms with Crippen LogP contribution in [0.3, 0.4) is 0 Å². The molecular weight excluding hydrogens is 261 g/mol. The van der Waals surface area contributed by atoms with Crippen molar-refractivity contribution in [1.82, 2.24) is 15.2 Å². The summed E-state index contributed by atoms with van der Waals surface area (Å²) in [6, 6.07) is 1.64. The summed E-state index contributed by atoms with van der Waals surface area (Å²) in [5.41, 5.74) is 0.672. The maximum atomic E-state index is 11.4. The second-order valence-electron chi connectivity index (χ2n) is 3.68. The van der Waals surface area contributed by atoms with Gasteiger partial charge >= 0.3 is 0 Å². The average molecular weight is 276 g/mol. The molecule has 6 heteroatoms. The number of rotatable bonds is 5. The maximum absolute atomic E-state index is 11.4. The molecule has 0 unspecified atom stereocenters. The highest BCUT2D eigenvalue weighted by Crippen LogP contribution is 2.24. The lowest BCUT2D eigenvalue weighted by Gasteiger charge is -2.16. The van der Waals surface area contributed by atoms with E-state index in [1.54, 1.807) is 12.3 Å². The smallest absolute Gasteiger partial charge is 0.234 e. The molecule has 1 aromatic rings. The number of hydrogen-bond acceptors (Lipinski definition) is 3. The minimum absolute atomic E-state index is 0.0202. The number of nitrogens with zero attached hydrogens (tertiary/aromatic N) is 2. The standard InChI is InChI=1S/C11H15Cl2N3O/c1-3-14-10(17)7-16(2)6-9-11(13)8(12)4-5-15-9/h4-5H,3,6-7H2,1-2H3,(H,14,17). The zero-order valence-electron chi connectivity index (χ0n) is 9.83. The molecule has 1 rings (SSSR count). The van der Waals surface area contributed by atoms with E-state index in [0.717, 1.165) is 0 Å². The van der Waals surface area contributed by atoms with E-state index in [-0.39, 0.29) is 5.91 Å². The summed E-state index contributed by atoms with van der Waals surface area (Å²) in [4.78, 5) is 17.3. The first-order chi connectivity index (χ1) is 8.04. The van der Waals surface area contributed by atoms with Crippen LogP contribution in [0.1, 0.15) is 12.6 Å². The zero-order valence-corrected chi connectivity index (χ0v) is 11.3. The van der Waals surface area contributed by atoms with E-state index in [1.165, 1.54) is 0 Å². The Hall–Kier alpha value is -0.840. The van der Waals surface area contributed by atoms with Crippen LogP contribution in [0, 0.1) is 0 Å². The van der Waals surface area contributed by atoms with Gasteiger partial charge in [0.1, 0.15) is 0 Å². The predicted molar refractivity (Wildman–Crippen MR) is 69.3 cm³/mol. The van der Waals surface area contributed by atoms with Crippen molar-refractivity contribution in [1.29, 1.82) is 0 Å². The molecule has 0 atom stereocenters. The number of carbonyl (C=O) groups excluding carboxylic acids is 1. The van der Waals surface area contributed by atoms with Gasteiger partial charge in [-0.3, -0.25) is 14.7 Å². The van der Waals surface area contributed by atoms with Crippen LogP contribution in [0.25, 0.3) is 0 Å². The Morgan fingerprint density at radius 2 is 2.24 bits per heavy atom. The van der Waals surface area contributed by atoms with Gasteiger partial charge < -0.3 is 5.32 Å². The Kier molecular flexibility index (Phi) is 5.68. The van der Waals surface area contributed by atoms with Crippen molar-refractivity contribution in [2.75, 3.05) is 20.1 Å². The number of amides is 1. The fraction of sp³-hybridized carbons (Fsp3) is 0.455. The Bertz CT molecular complexity index is 398. The van der Waals surface area contributed by atoms with Crippen LogP contribution in [-0.4, -0.2) is 35.9 Å². The van der Waals surface area contributed by atoms with Crippen LogP contribution in [0.4, 0.5) is 0 Å². The number of likely N-dealkylation sites (N-methyl/N-ethyl adjacent to an activating group) is 2. The molecule has 0 fully saturated rings. The van der Waals surface area contributed by atoms with E-state index in [0.29, 0.717) is 35.4 Å². The lowest BCUT2D eigenvalue weighted by atomic mass is 10.3. The molecule has 0 saturated carbocycles. The number of hydrogen-bond donors (Lipinski definition) is 1. The van der Waals surface area contributed by atoms with Crippen molar-refractivity contribution in [3.05, 3.63) is 28.0 Å². The van der Waals surface area contributed by atoms with Gasteiger partial charge in [-0.1, -0.05) is 23.2 Å². The summed E-state index contributed by atoms with van der Waals surface area (Å²) in [7, 11) is 1.83. The van der Waals surface area contributed by atoms with Gasteiger partial charge in [-0.2, -0.15) is 0 Å². The monoisotopic (exact) mass is 275 g/mol. The number of nitrogens with one attached hydrogen (secondary N) is 1. The highest BCUT2D eigenvalue weighted by molar-refractivity contribution is 6.42. The summed E-state index contributed by atoms with van der Waals surface area (Å²) in [5, 5.41) is 3.64. The van der Waals surface area contributed by atoms with Gasteiger partial charge in [0.25, 0.3) is 0 Å². The Labute approximate surface area is 111 Å². The van der Waals surface area contributed by atoms with E-state index in [1.807, 2.05) is 18.9 Å². The molecule has 0 aromatic carbocycles. The van der Waals surface area contributed by atoms with Crippen molar-refractivity contribution in [2.45, 2.75) is 13.5 Å². The van der Waals surface area contributed by atoms with Gasteiger partial charge in [-0.25, -0.2) is 0 Å². The highest BCUT2D eigenvalue weighted by Gasteiger charge is 2.11. The zero-order chi connectivity index (χ0) is 12.8. The van der Waals surface area contributed by atoms with E-state index < -0.39 is 0 Å². The fourth-order valence-electron chi connectivity index (χ4n) is 1.38. The lowest BCUT2D eigenvalue weighted by molar-refractivity contribution is -0.121. The van der Waals surface area contributed by atoms with E-state index in [9.17, 15) is 4.79 Å². The molecule has 0 aliphatic carbocycles. The first-order valence-electron chi connectivity index (χ1n) is 5.28. The first-order valence-corrected chi connectivity index (χ1v) is 6.04. The van der Waals surface area contributed by atoms with Crippen LogP contribution >= 0.6 is 23.2 Å². The van der Waals surface area contributed by atoms with Crippen molar-refractivity contribution < 1.29 is 4.79 Å². The van der Waals surface area contributed by atoms with Crippen LogP contribution in [0.5, 0.6) is 0 Å². The van der Waals surface area contributed by atoms with Gasteiger partial charge in [-0.15, -0.1) is 0 Å². The second kappa shape index (κ2) is 6.79. The molecule has 0 aliphatic heterocycles. The molecule has 1 amide bonds. The highest BCUT2D eigenvalue weighted by atomic mass is 35.5. The molecule has 1 aromatic heterocycles. The average Bonchev–Trinajstić information content (AvgIpc) is 2.25. The van der Waals surface area contributed by atoms with Gasteiger partial charge in [0.15, 0.2) is 0 Å². The fourth-order valence-corrected chi connectivity index (χ4v) is 1.72.